The Kier molecular flexibility index (Phi) is 4.55. The van der Waals surface area contributed by atoms with Crippen molar-refractivity contribution < 1.29 is 18.9 Å². The summed E-state index contributed by atoms with van der Waals surface area (Å²) in [6, 6.07) is 21.2. The van der Waals surface area contributed by atoms with Crippen LogP contribution in [-0.2, 0) is 24.4 Å². The zero-order valence-corrected chi connectivity index (χ0v) is 17.6. The maximum Gasteiger partial charge on any atom is 0.198 e. The molecule has 4 aliphatic rings. The number of hydrogen-bond acceptors (Lipinski definition) is 6. The molecule has 0 radical (unpaired) electrons. The second-order valence-electron chi connectivity index (χ2n) is 9.65. The van der Waals surface area contributed by atoms with E-state index in [1.807, 2.05) is 12.1 Å². The van der Waals surface area contributed by atoms with Crippen LogP contribution >= 0.6 is 0 Å². The Hall–Kier alpha value is -1.80. The van der Waals surface area contributed by atoms with Crippen LogP contribution in [0.1, 0.15) is 30.4 Å². The molecule has 0 aliphatic carbocycles. The van der Waals surface area contributed by atoms with E-state index in [1.165, 1.54) is 11.1 Å². The molecule has 4 saturated heterocycles. The molecule has 0 amide bonds. The summed E-state index contributed by atoms with van der Waals surface area (Å²) in [5, 5.41) is 0. The lowest BCUT2D eigenvalue weighted by molar-refractivity contribution is 0.0510. The van der Waals surface area contributed by atoms with Crippen LogP contribution < -0.4 is 11.5 Å². The Morgan fingerprint density at radius 3 is 1.35 bits per heavy atom. The first-order valence-corrected chi connectivity index (χ1v) is 11.2. The highest BCUT2D eigenvalue weighted by Gasteiger charge is 2.72. The molecule has 4 fully saturated rings. The Bertz CT molecular complexity index is 848. The smallest absolute Gasteiger partial charge is 0.198 e. The predicted molar refractivity (Wildman–Crippen MR) is 115 cm³/mol. The molecule has 4 aliphatic heterocycles. The highest BCUT2D eigenvalue weighted by molar-refractivity contribution is 5.48. The average molecular weight is 423 g/mol. The zero-order valence-electron chi connectivity index (χ0n) is 17.6. The van der Waals surface area contributed by atoms with Gasteiger partial charge in [0, 0.05) is 0 Å². The molecule has 6 rings (SSSR count). The summed E-state index contributed by atoms with van der Waals surface area (Å²) in [6.07, 6.45) is 3.01. The average Bonchev–Trinajstić information content (AvgIpc) is 3.55. The van der Waals surface area contributed by atoms with Crippen LogP contribution in [0.25, 0.3) is 0 Å². The molecule has 31 heavy (non-hydrogen) atoms. The molecule has 4 N–H and O–H groups in total. The largest absolute Gasteiger partial charge is 0.373 e. The fourth-order valence-corrected chi connectivity index (χ4v) is 5.96. The third kappa shape index (κ3) is 3.52. The van der Waals surface area contributed by atoms with Crippen molar-refractivity contribution in [3.05, 3.63) is 71.8 Å². The first kappa shape index (κ1) is 19.9. The van der Waals surface area contributed by atoms with Gasteiger partial charge in [0.25, 0.3) is 0 Å². The van der Waals surface area contributed by atoms with Crippen LogP contribution in [0.5, 0.6) is 0 Å². The molecule has 6 nitrogen and oxygen atoms in total. The number of benzene rings is 2. The lowest BCUT2D eigenvalue weighted by Gasteiger charge is -2.52. The van der Waals surface area contributed by atoms with Gasteiger partial charge in [-0.15, -0.1) is 0 Å². The number of rotatable bonds is 10. The van der Waals surface area contributed by atoms with E-state index in [0.29, 0.717) is 0 Å². The molecule has 2 aromatic rings. The van der Waals surface area contributed by atoms with Gasteiger partial charge in [0.1, 0.15) is 6.10 Å². The van der Waals surface area contributed by atoms with Gasteiger partial charge in [-0.3, -0.25) is 11.5 Å². The van der Waals surface area contributed by atoms with Crippen molar-refractivity contribution >= 4 is 0 Å². The summed E-state index contributed by atoms with van der Waals surface area (Å²) in [4.78, 5) is 0. The van der Waals surface area contributed by atoms with E-state index in [1.54, 1.807) is 0 Å². The predicted octanol–water partition coefficient (Wildman–Crippen LogP) is 2.30. The van der Waals surface area contributed by atoms with Gasteiger partial charge in [-0.2, -0.15) is 0 Å². The maximum atomic E-state index is 6.47. The second-order valence-corrected chi connectivity index (χ2v) is 9.65. The fraction of sp³-hybridized carbons (Fsp3) is 0.520. The second kappa shape index (κ2) is 7.10. The monoisotopic (exact) mass is 422 g/mol. The van der Waals surface area contributed by atoms with Crippen LogP contribution in [0.4, 0.5) is 0 Å². The van der Waals surface area contributed by atoms with Crippen molar-refractivity contribution in [1.82, 2.24) is 0 Å². The highest BCUT2D eigenvalue weighted by atomic mass is 16.6. The lowest BCUT2D eigenvalue weighted by atomic mass is 9.50. The Morgan fingerprint density at radius 1 is 0.710 bits per heavy atom. The van der Waals surface area contributed by atoms with E-state index in [9.17, 15) is 0 Å². The van der Waals surface area contributed by atoms with Crippen molar-refractivity contribution in [2.45, 2.75) is 54.9 Å². The minimum atomic E-state index is -1.18. The molecule has 4 atom stereocenters. The van der Waals surface area contributed by atoms with E-state index in [-0.39, 0.29) is 29.8 Å². The molecule has 4 heterocycles. The zero-order chi connectivity index (χ0) is 21.1. The van der Waals surface area contributed by atoms with E-state index in [4.69, 9.17) is 30.4 Å². The molecule has 0 aromatic heterocycles. The third-order valence-corrected chi connectivity index (χ3v) is 7.42. The fourth-order valence-electron chi connectivity index (χ4n) is 5.96. The van der Waals surface area contributed by atoms with Gasteiger partial charge < -0.3 is 18.9 Å². The number of epoxide rings is 4. The summed E-state index contributed by atoms with van der Waals surface area (Å²) in [7, 11) is 0. The quantitative estimate of drug-likeness (QED) is 0.450. The van der Waals surface area contributed by atoms with E-state index in [2.05, 4.69) is 48.5 Å². The topological polar surface area (TPSA) is 102 Å². The molecule has 0 saturated carbocycles. The van der Waals surface area contributed by atoms with Gasteiger partial charge >= 0.3 is 0 Å². The molecular weight excluding hydrogens is 392 g/mol. The van der Waals surface area contributed by atoms with Crippen LogP contribution in [0.2, 0.25) is 0 Å². The first-order chi connectivity index (χ1) is 15.0. The summed E-state index contributed by atoms with van der Waals surface area (Å²) < 4.78 is 23.5. The minimum Gasteiger partial charge on any atom is -0.373 e. The van der Waals surface area contributed by atoms with E-state index in [0.717, 1.165) is 39.1 Å². The van der Waals surface area contributed by atoms with Crippen LogP contribution in [0.3, 0.4) is 0 Å². The van der Waals surface area contributed by atoms with Crippen molar-refractivity contribution in [1.29, 1.82) is 0 Å². The molecule has 0 bridgehead atoms. The summed E-state index contributed by atoms with van der Waals surface area (Å²) in [5.41, 5.74) is 14.5. The normalized spacial score (nSPS) is 32.2. The highest BCUT2D eigenvalue weighted by Crippen LogP contribution is 2.64. The van der Waals surface area contributed by atoms with Crippen LogP contribution in [0, 0.1) is 5.41 Å². The molecule has 0 spiro atoms. The standard InChI is InChI=1S/C25H30N2O4/c26-25(27)22(31-25)24(17-7-3-1-4-8-17,18-9-5-2-6-10-18)23(11-19-14-28-19,12-20-15-29-20)13-21-16-30-21/h1-10,19-22H,11-16,26-27H2. The van der Waals surface area contributed by atoms with E-state index >= 15 is 0 Å². The van der Waals surface area contributed by atoms with Gasteiger partial charge in [0.2, 0.25) is 0 Å². The van der Waals surface area contributed by atoms with Gasteiger partial charge in [-0.05, 0) is 35.8 Å². The van der Waals surface area contributed by atoms with E-state index < -0.39 is 11.3 Å². The van der Waals surface area contributed by atoms with Crippen molar-refractivity contribution in [3.63, 3.8) is 0 Å². The first-order valence-electron chi connectivity index (χ1n) is 11.2. The summed E-state index contributed by atoms with van der Waals surface area (Å²) >= 11 is 0. The van der Waals surface area contributed by atoms with Gasteiger partial charge in [-0.1, -0.05) is 60.7 Å². The maximum absolute atomic E-state index is 6.47. The van der Waals surface area contributed by atoms with Crippen molar-refractivity contribution in [2.24, 2.45) is 16.9 Å². The van der Waals surface area contributed by atoms with Gasteiger partial charge in [0.15, 0.2) is 5.85 Å². The minimum absolute atomic E-state index is 0.230. The number of ether oxygens (including phenoxy) is 4. The van der Waals surface area contributed by atoms with Crippen LogP contribution in [-0.4, -0.2) is 50.1 Å². The molecule has 6 heteroatoms. The molecule has 164 valence electrons. The molecule has 2 aromatic carbocycles. The van der Waals surface area contributed by atoms with Crippen molar-refractivity contribution in [2.75, 3.05) is 19.8 Å². The summed E-state index contributed by atoms with van der Waals surface area (Å²) in [5.74, 6) is -1.18. The Labute approximate surface area is 182 Å². The van der Waals surface area contributed by atoms with Crippen LogP contribution in [0.15, 0.2) is 60.7 Å². The molecular formula is C25H30N2O4. The molecule has 4 unspecified atom stereocenters. The summed E-state index contributed by atoms with van der Waals surface area (Å²) in [6.45, 7) is 2.38. The Morgan fingerprint density at radius 2 is 1.06 bits per heavy atom. The van der Waals surface area contributed by atoms with Crippen molar-refractivity contribution in [3.8, 4) is 0 Å². The SMILES string of the molecule is NC1(N)OC1C(c1ccccc1)(c1ccccc1)C(CC1CO1)(CC1CO1)CC1CO1. The van der Waals surface area contributed by atoms with Gasteiger partial charge in [-0.25, -0.2) is 0 Å². The number of hydrogen-bond donors (Lipinski definition) is 2. The lowest BCUT2D eigenvalue weighted by Crippen LogP contribution is -2.57. The van der Waals surface area contributed by atoms with Gasteiger partial charge in [0.05, 0.1) is 43.5 Å². The third-order valence-electron chi connectivity index (χ3n) is 7.42. The number of nitrogens with two attached hydrogens (primary N) is 2. The Balaban J connectivity index is 1.61.